The maximum Gasteiger partial charge on any atom is 0.314 e. The van der Waals surface area contributed by atoms with E-state index in [1.807, 2.05) is 0 Å². The van der Waals surface area contributed by atoms with Gasteiger partial charge in [0.1, 0.15) is 5.82 Å². The molecule has 1 aromatic rings. The molecule has 0 heterocycles. The number of aromatic hydroxyl groups is 1. The molecule has 1 saturated carbocycles. The molecule has 0 amide bonds. The summed E-state index contributed by atoms with van der Waals surface area (Å²) in [4.78, 5) is 11.3. The first kappa shape index (κ1) is 11.8. The number of hydrogen-bond acceptors (Lipinski definition) is 2. The van der Waals surface area contributed by atoms with E-state index in [2.05, 4.69) is 0 Å². The van der Waals surface area contributed by atoms with Crippen LogP contribution in [0.2, 0.25) is 0 Å². The minimum absolute atomic E-state index is 0.194. The molecular weight excluding hydrogens is 230 g/mol. The topological polar surface area (TPSA) is 57.5 Å². The maximum atomic E-state index is 13.8. The van der Waals surface area contributed by atoms with Crippen molar-refractivity contribution in [2.75, 3.05) is 0 Å². The molecule has 17 heavy (non-hydrogen) atoms. The summed E-state index contributed by atoms with van der Waals surface area (Å²) >= 11 is 0. The van der Waals surface area contributed by atoms with Crippen LogP contribution in [0.5, 0.6) is 5.75 Å². The smallest absolute Gasteiger partial charge is 0.314 e. The zero-order valence-corrected chi connectivity index (χ0v) is 9.04. The fourth-order valence-corrected chi connectivity index (χ4v) is 2.53. The highest BCUT2D eigenvalue weighted by Crippen LogP contribution is 2.44. The van der Waals surface area contributed by atoms with Crippen LogP contribution < -0.4 is 0 Å². The minimum atomic E-state index is -1.53. The molecule has 5 heteroatoms. The van der Waals surface area contributed by atoms with Crippen molar-refractivity contribution >= 4 is 5.97 Å². The first-order chi connectivity index (χ1) is 7.99. The van der Waals surface area contributed by atoms with E-state index in [9.17, 15) is 23.8 Å². The van der Waals surface area contributed by atoms with Gasteiger partial charge in [-0.2, -0.15) is 0 Å². The fourth-order valence-electron chi connectivity index (χ4n) is 2.53. The summed E-state index contributed by atoms with van der Waals surface area (Å²) in [6.07, 6.45) is 1.61. The molecule has 1 aromatic carbocycles. The quantitative estimate of drug-likeness (QED) is 0.837. The molecule has 0 unspecified atom stereocenters. The second-order valence-electron chi connectivity index (χ2n) is 4.35. The van der Waals surface area contributed by atoms with E-state index in [0.29, 0.717) is 12.8 Å². The van der Waals surface area contributed by atoms with Gasteiger partial charge in [-0.05, 0) is 25.0 Å². The van der Waals surface area contributed by atoms with E-state index in [4.69, 9.17) is 0 Å². The molecule has 3 nitrogen and oxygen atoms in total. The monoisotopic (exact) mass is 242 g/mol. The third-order valence-corrected chi connectivity index (χ3v) is 3.42. The first-order valence-electron chi connectivity index (χ1n) is 5.40. The van der Waals surface area contributed by atoms with Crippen molar-refractivity contribution in [2.45, 2.75) is 31.1 Å². The molecular formula is C12H12F2O3. The Bertz CT molecular complexity index is 465. The third-order valence-electron chi connectivity index (χ3n) is 3.42. The lowest BCUT2D eigenvalue weighted by atomic mass is 9.78. The van der Waals surface area contributed by atoms with Gasteiger partial charge in [-0.15, -0.1) is 0 Å². The van der Waals surface area contributed by atoms with Gasteiger partial charge in [0, 0.05) is 5.56 Å². The SMILES string of the molecule is O=C(O)C1(c2c(F)ccc(O)c2F)CCCC1. The van der Waals surface area contributed by atoms with Crippen molar-refractivity contribution in [1.82, 2.24) is 0 Å². The molecule has 0 aromatic heterocycles. The number of rotatable bonds is 2. The summed E-state index contributed by atoms with van der Waals surface area (Å²) in [6, 6.07) is 1.79. The fraction of sp³-hybridized carbons (Fsp3) is 0.417. The van der Waals surface area contributed by atoms with E-state index in [-0.39, 0.29) is 12.8 Å². The number of carboxylic acid groups (broad SMARTS) is 1. The number of benzene rings is 1. The Morgan fingerprint density at radius 3 is 2.35 bits per heavy atom. The van der Waals surface area contributed by atoms with Crippen molar-refractivity contribution < 1.29 is 23.8 Å². The van der Waals surface area contributed by atoms with E-state index in [1.54, 1.807) is 0 Å². The Hall–Kier alpha value is -1.65. The van der Waals surface area contributed by atoms with Crippen LogP contribution in [0, 0.1) is 11.6 Å². The van der Waals surface area contributed by atoms with Gasteiger partial charge in [0.2, 0.25) is 0 Å². The predicted molar refractivity (Wildman–Crippen MR) is 55.8 cm³/mol. The number of phenolic OH excluding ortho intramolecular Hbond substituents is 1. The maximum absolute atomic E-state index is 13.8. The molecule has 0 saturated heterocycles. The van der Waals surface area contributed by atoms with Crippen molar-refractivity contribution in [3.63, 3.8) is 0 Å². The summed E-state index contributed by atoms with van der Waals surface area (Å²) in [7, 11) is 0. The van der Waals surface area contributed by atoms with Crippen LogP contribution >= 0.6 is 0 Å². The van der Waals surface area contributed by atoms with Crippen molar-refractivity contribution in [3.8, 4) is 5.75 Å². The zero-order valence-electron chi connectivity index (χ0n) is 9.04. The van der Waals surface area contributed by atoms with Crippen LogP contribution in [-0.2, 0) is 10.2 Å². The van der Waals surface area contributed by atoms with Gasteiger partial charge in [-0.3, -0.25) is 4.79 Å². The molecule has 0 atom stereocenters. The van der Waals surface area contributed by atoms with Gasteiger partial charge < -0.3 is 10.2 Å². The first-order valence-corrected chi connectivity index (χ1v) is 5.40. The Balaban J connectivity index is 2.66. The van der Waals surface area contributed by atoms with Gasteiger partial charge in [0.05, 0.1) is 5.41 Å². The average molecular weight is 242 g/mol. The Morgan fingerprint density at radius 2 is 1.82 bits per heavy atom. The van der Waals surface area contributed by atoms with Crippen LogP contribution in [0.25, 0.3) is 0 Å². The Kier molecular flexibility index (Phi) is 2.77. The van der Waals surface area contributed by atoms with Crippen LogP contribution in [0.15, 0.2) is 12.1 Å². The average Bonchev–Trinajstić information content (AvgIpc) is 2.74. The van der Waals surface area contributed by atoms with Crippen LogP contribution in [0.4, 0.5) is 8.78 Å². The highest BCUT2D eigenvalue weighted by atomic mass is 19.1. The zero-order chi connectivity index (χ0) is 12.6. The van der Waals surface area contributed by atoms with Crippen molar-refractivity contribution in [2.24, 2.45) is 0 Å². The van der Waals surface area contributed by atoms with E-state index >= 15 is 0 Å². The van der Waals surface area contributed by atoms with Crippen LogP contribution in [0.3, 0.4) is 0 Å². The predicted octanol–water partition coefficient (Wildman–Crippen LogP) is 2.57. The van der Waals surface area contributed by atoms with Gasteiger partial charge in [-0.1, -0.05) is 12.8 Å². The molecule has 2 N–H and O–H groups in total. The summed E-state index contributed by atoms with van der Waals surface area (Å²) in [6.45, 7) is 0. The number of aliphatic carboxylic acids is 1. The number of carbonyl (C=O) groups is 1. The summed E-state index contributed by atoms with van der Waals surface area (Å²) in [5.41, 5.74) is -2.05. The molecule has 1 aliphatic rings. The van der Waals surface area contributed by atoms with E-state index in [1.165, 1.54) is 0 Å². The standard InChI is InChI=1S/C12H12F2O3/c13-7-3-4-8(15)10(14)9(7)12(11(16)17)5-1-2-6-12/h3-4,15H,1-2,5-6H2,(H,16,17). The van der Waals surface area contributed by atoms with Gasteiger partial charge in [0.15, 0.2) is 11.6 Å². The third kappa shape index (κ3) is 1.66. The largest absolute Gasteiger partial charge is 0.505 e. The minimum Gasteiger partial charge on any atom is -0.505 e. The van der Waals surface area contributed by atoms with Crippen molar-refractivity contribution in [1.29, 1.82) is 0 Å². The number of hydrogen-bond donors (Lipinski definition) is 2. The Morgan fingerprint density at radius 1 is 1.24 bits per heavy atom. The van der Waals surface area contributed by atoms with Crippen molar-refractivity contribution in [3.05, 3.63) is 29.3 Å². The normalized spacial score (nSPS) is 18.2. The molecule has 0 radical (unpaired) electrons. The number of phenols is 1. The molecule has 1 fully saturated rings. The lowest BCUT2D eigenvalue weighted by Gasteiger charge is -2.25. The summed E-state index contributed by atoms with van der Waals surface area (Å²) in [5, 5.41) is 18.5. The second-order valence-corrected chi connectivity index (χ2v) is 4.35. The molecule has 0 bridgehead atoms. The molecule has 92 valence electrons. The van der Waals surface area contributed by atoms with Crippen LogP contribution in [-0.4, -0.2) is 16.2 Å². The van der Waals surface area contributed by atoms with E-state index < -0.39 is 34.3 Å². The number of halogens is 2. The Labute approximate surface area is 96.7 Å². The molecule has 0 aliphatic heterocycles. The van der Waals surface area contributed by atoms with E-state index in [0.717, 1.165) is 12.1 Å². The lowest BCUT2D eigenvalue weighted by Crippen LogP contribution is -2.34. The highest BCUT2D eigenvalue weighted by molar-refractivity contribution is 5.82. The summed E-state index contributed by atoms with van der Waals surface area (Å²) in [5.74, 6) is -4.02. The molecule has 0 spiro atoms. The molecule has 1 aliphatic carbocycles. The summed E-state index contributed by atoms with van der Waals surface area (Å²) < 4.78 is 27.4. The van der Waals surface area contributed by atoms with Gasteiger partial charge >= 0.3 is 5.97 Å². The lowest BCUT2D eigenvalue weighted by molar-refractivity contribution is -0.143. The van der Waals surface area contributed by atoms with Crippen LogP contribution in [0.1, 0.15) is 31.2 Å². The number of carboxylic acids is 1. The van der Waals surface area contributed by atoms with Gasteiger partial charge in [-0.25, -0.2) is 8.78 Å². The molecule has 2 rings (SSSR count). The van der Waals surface area contributed by atoms with Gasteiger partial charge in [0.25, 0.3) is 0 Å². The highest BCUT2D eigenvalue weighted by Gasteiger charge is 2.47. The second kappa shape index (κ2) is 3.98.